The van der Waals surface area contributed by atoms with Gasteiger partial charge in [-0.3, -0.25) is 0 Å². The zero-order chi connectivity index (χ0) is 9.26. The molecule has 1 aromatic rings. The lowest BCUT2D eigenvalue weighted by Crippen LogP contribution is -2.10. The highest BCUT2D eigenvalue weighted by Crippen LogP contribution is 2.33. The van der Waals surface area contributed by atoms with Crippen molar-refractivity contribution in [2.45, 2.75) is 13.0 Å². The van der Waals surface area contributed by atoms with Crippen molar-refractivity contribution in [2.24, 2.45) is 5.73 Å². The van der Waals surface area contributed by atoms with E-state index in [0.717, 1.165) is 17.1 Å². The lowest BCUT2D eigenvalue weighted by Gasteiger charge is -2.05. The van der Waals surface area contributed by atoms with Crippen LogP contribution in [0.2, 0.25) is 0 Å². The fourth-order valence-electron chi connectivity index (χ4n) is 1.47. The number of hydrogen-bond donors (Lipinski definition) is 1. The Hall–Kier alpha value is -1.22. The highest BCUT2D eigenvalue weighted by Gasteiger charge is 2.20. The van der Waals surface area contributed by atoms with Gasteiger partial charge in [0, 0.05) is 11.6 Å². The van der Waals surface area contributed by atoms with E-state index < -0.39 is 0 Å². The number of benzene rings is 1. The Morgan fingerprint density at radius 3 is 3.23 bits per heavy atom. The minimum atomic E-state index is 0.0191. The standard InChI is InChI=1S/C10H13NO2/c1-2-12-7-3-4-8-9(11)6-13-10(8)5-7/h3-5,9H,2,6,11H2,1H3/t9-/m0/s1. The smallest absolute Gasteiger partial charge is 0.127 e. The molecule has 0 saturated carbocycles. The molecule has 0 bridgehead atoms. The predicted octanol–water partition coefficient (Wildman–Crippen LogP) is 1.48. The summed E-state index contributed by atoms with van der Waals surface area (Å²) in [5.74, 6) is 1.70. The van der Waals surface area contributed by atoms with Gasteiger partial charge in [-0.15, -0.1) is 0 Å². The maximum atomic E-state index is 5.80. The fraction of sp³-hybridized carbons (Fsp3) is 0.400. The number of nitrogens with two attached hydrogens (primary N) is 1. The summed E-state index contributed by atoms with van der Waals surface area (Å²) < 4.78 is 10.7. The van der Waals surface area contributed by atoms with E-state index in [1.807, 2.05) is 25.1 Å². The van der Waals surface area contributed by atoms with Crippen molar-refractivity contribution < 1.29 is 9.47 Å². The molecule has 1 aliphatic heterocycles. The highest BCUT2D eigenvalue weighted by atomic mass is 16.5. The fourth-order valence-corrected chi connectivity index (χ4v) is 1.47. The predicted molar refractivity (Wildman–Crippen MR) is 50.0 cm³/mol. The number of fused-ring (bicyclic) bond motifs is 1. The number of hydrogen-bond acceptors (Lipinski definition) is 3. The normalized spacial score (nSPS) is 19.4. The molecular formula is C10H13NO2. The molecule has 1 atom stereocenters. The molecule has 3 nitrogen and oxygen atoms in total. The maximum absolute atomic E-state index is 5.80. The molecule has 0 saturated heterocycles. The van der Waals surface area contributed by atoms with Crippen molar-refractivity contribution in [3.8, 4) is 11.5 Å². The largest absolute Gasteiger partial charge is 0.494 e. The SMILES string of the molecule is CCOc1ccc2c(c1)OC[C@@H]2N. The summed E-state index contributed by atoms with van der Waals surface area (Å²) in [4.78, 5) is 0. The first-order valence-corrected chi connectivity index (χ1v) is 4.46. The minimum Gasteiger partial charge on any atom is -0.494 e. The lowest BCUT2D eigenvalue weighted by atomic mass is 10.1. The Morgan fingerprint density at radius 2 is 2.46 bits per heavy atom. The van der Waals surface area contributed by atoms with E-state index in [2.05, 4.69) is 0 Å². The van der Waals surface area contributed by atoms with Crippen LogP contribution in [0.15, 0.2) is 18.2 Å². The van der Waals surface area contributed by atoms with Gasteiger partial charge in [-0.2, -0.15) is 0 Å². The van der Waals surface area contributed by atoms with E-state index in [4.69, 9.17) is 15.2 Å². The summed E-state index contributed by atoms with van der Waals surface area (Å²) in [5, 5.41) is 0. The third-order valence-corrected chi connectivity index (χ3v) is 2.11. The Kier molecular flexibility index (Phi) is 2.10. The summed E-state index contributed by atoms with van der Waals surface area (Å²) in [6, 6.07) is 5.81. The van der Waals surface area contributed by atoms with Gasteiger partial charge >= 0.3 is 0 Å². The van der Waals surface area contributed by atoms with Crippen LogP contribution in [0.1, 0.15) is 18.5 Å². The first-order valence-electron chi connectivity index (χ1n) is 4.46. The topological polar surface area (TPSA) is 44.5 Å². The van der Waals surface area contributed by atoms with Crippen molar-refractivity contribution in [3.63, 3.8) is 0 Å². The van der Waals surface area contributed by atoms with Crippen molar-refractivity contribution in [1.82, 2.24) is 0 Å². The Bertz CT molecular complexity index is 312. The van der Waals surface area contributed by atoms with Gasteiger partial charge < -0.3 is 15.2 Å². The zero-order valence-electron chi connectivity index (χ0n) is 7.62. The van der Waals surface area contributed by atoms with Crippen LogP contribution in [0.25, 0.3) is 0 Å². The van der Waals surface area contributed by atoms with E-state index in [9.17, 15) is 0 Å². The van der Waals surface area contributed by atoms with Crippen LogP contribution in [-0.2, 0) is 0 Å². The van der Waals surface area contributed by atoms with Gasteiger partial charge in [-0.1, -0.05) is 0 Å². The van der Waals surface area contributed by atoms with Crippen LogP contribution in [0.3, 0.4) is 0 Å². The van der Waals surface area contributed by atoms with Gasteiger partial charge in [-0.05, 0) is 19.1 Å². The van der Waals surface area contributed by atoms with Crippen molar-refractivity contribution in [3.05, 3.63) is 23.8 Å². The van der Waals surface area contributed by atoms with Gasteiger partial charge in [0.05, 0.1) is 12.6 Å². The Morgan fingerprint density at radius 1 is 1.62 bits per heavy atom. The van der Waals surface area contributed by atoms with Crippen LogP contribution < -0.4 is 15.2 Å². The van der Waals surface area contributed by atoms with Crippen LogP contribution >= 0.6 is 0 Å². The molecule has 2 N–H and O–H groups in total. The molecule has 0 aromatic heterocycles. The van der Waals surface area contributed by atoms with Crippen LogP contribution in [-0.4, -0.2) is 13.2 Å². The molecule has 0 radical (unpaired) electrons. The summed E-state index contributed by atoms with van der Waals surface area (Å²) >= 11 is 0. The first kappa shape index (κ1) is 8.38. The third-order valence-electron chi connectivity index (χ3n) is 2.11. The molecule has 3 heteroatoms. The summed E-state index contributed by atoms with van der Waals surface area (Å²) in [7, 11) is 0. The van der Waals surface area contributed by atoms with Crippen molar-refractivity contribution in [2.75, 3.05) is 13.2 Å². The van der Waals surface area contributed by atoms with Crippen LogP contribution in [0.5, 0.6) is 11.5 Å². The van der Waals surface area contributed by atoms with E-state index in [-0.39, 0.29) is 6.04 Å². The molecule has 0 fully saturated rings. The first-order chi connectivity index (χ1) is 6.31. The molecule has 1 aliphatic rings. The summed E-state index contributed by atoms with van der Waals surface area (Å²) in [6.07, 6.45) is 0. The molecular weight excluding hydrogens is 166 g/mol. The summed E-state index contributed by atoms with van der Waals surface area (Å²) in [6.45, 7) is 3.20. The number of rotatable bonds is 2. The molecule has 1 aromatic carbocycles. The van der Waals surface area contributed by atoms with Gasteiger partial charge in [0.2, 0.25) is 0 Å². The quantitative estimate of drug-likeness (QED) is 0.747. The second-order valence-electron chi connectivity index (χ2n) is 3.05. The van der Waals surface area contributed by atoms with E-state index >= 15 is 0 Å². The van der Waals surface area contributed by atoms with Gasteiger partial charge in [-0.25, -0.2) is 0 Å². The molecule has 13 heavy (non-hydrogen) atoms. The maximum Gasteiger partial charge on any atom is 0.127 e. The molecule has 70 valence electrons. The van der Waals surface area contributed by atoms with Gasteiger partial charge in [0.1, 0.15) is 18.1 Å². The lowest BCUT2D eigenvalue weighted by molar-refractivity contribution is 0.323. The number of ether oxygens (including phenoxy) is 2. The second-order valence-corrected chi connectivity index (χ2v) is 3.05. The van der Waals surface area contributed by atoms with Crippen molar-refractivity contribution >= 4 is 0 Å². The highest BCUT2D eigenvalue weighted by molar-refractivity contribution is 5.44. The van der Waals surface area contributed by atoms with E-state index in [1.165, 1.54) is 0 Å². The molecule has 0 spiro atoms. The van der Waals surface area contributed by atoms with Gasteiger partial charge in [0.15, 0.2) is 0 Å². The van der Waals surface area contributed by atoms with Crippen LogP contribution in [0, 0.1) is 0 Å². The molecule has 0 aliphatic carbocycles. The molecule has 0 amide bonds. The summed E-state index contributed by atoms with van der Waals surface area (Å²) in [5.41, 5.74) is 6.88. The van der Waals surface area contributed by atoms with Crippen molar-refractivity contribution in [1.29, 1.82) is 0 Å². The average molecular weight is 179 g/mol. The van der Waals surface area contributed by atoms with Crippen LogP contribution in [0.4, 0.5) is 0 Å². The van der Waals surface area contributed by atoms with E-state index in [1.54, 1.807) is 0 Å². The third kappa shape index (κ3) is 1.47. The average Bonchev–Trinajstić information content (AvgIpc) is 2.48. The molecule has 2 rings (SSSR count). The molecule has 0 unspecified atom stereocenters. The monoisotopic (exact) mass is 179 g/mol. The van der Waals surface area contributed by atoms with Gasteiger partial charge in [0.25, 0.3) is 0 Å². The Labute approximate surface area is 77.5 Å². The second kappa shape index (κ2) is 3.26. The van der Waals surface area contributed by atoms with E-state index in [0.29, 0.717) is 13.2 Å². The zero-order valence-corrected chi connectivity index (χ0v) is 7.62. The molecule has 1 heterocycles. The Balaban J connectivity index is 2.29. The minimum absolute atomic E-state index is 0.0191.